The molecule has 3 aromatic rings. The number of benzene rings is 1. The van der Waals surface area contributed by atoms with Gasteiger partial charge in [-0.2, -0.15) is 0 Å². The fourth-order valence-electron chi connectivity index (χ4n) is 2.06. The van der Waals surface area contributed by atoms with Crippen molar-refractivity contribution in [1.29, 1.82) is 0 Å². The van der Waals surface area contributed by atoms with Gasteiger partial charge in [0.05, 0.1) is 11.4 Å². The molecule has 0 aliphatic carbocycles. The predicted molar refractivity (Wildman–Crippen MR) is 84.8 cm³/mol. The van der Waals surface area contributed by atoms with Crippen molar-refractivity contribution in [3.05, 3.63) is 65.7 Å². The largest absolute Gasteiger partial charge is 0.542 e. The topological polar surface area (TPSA) is 79.0 Å². The first-order valence-electron chi connectivity index (χ1n) is 6.96. The van der Waals surface area contributed by atoms with Gasteiger partial charge in [-0.25, -0.2) is 9.97 Å². The number of rotatable bonds is 5. The molecule has 2 aromatic heterocycles. The number of nitrogens with zero attached hydrogens (tertiary/aromatic N) is 2. The second kappa shape index (κ2) is 6.66. The van der Waals surface area contributed by atoms with Gasteiger partial charge in [0, 0.05) is 11.3 Å². The molecule has 23 heavy (non-hydrogen) atoms. The smallest absolute Gasteiger partial charge is 0.188 e. The Hall–Kier alpha value is -2.60. The van der Waals surface area contributed by atoms with Crippen molar-refractivity contribution in [1.82, 2.24) is 9.97 Å². The molecule has 0 radical (unpaired) electrons. The average molecular weight is 325 g/mol. The Morgan fingerprint density at radius 3 is 2.65 bits per heavy atom. The van der Waals surface area contributed by atoms with Crippen molar-refractivity contribution in [2.24, 2.45) is 0 Å². The molecule has 0 bridgehead atoms. The van der Waals surface area contributed by atoms with E-state index in [4.69, 9.17) is 4.42 Å². The Kier molecular flexibility index (Phi) is 4.43. The van der Waals surface area contributed by atoms with Crippen LogP contribution >= 0.6 is 11.8 Å². The van der Waals surface area contributed by atoms with Crippen molar-refractivity contribution in [3.63, 3.8) is 0 Å². The molecular formula is C17H13N2O3S-. The van der Waals surface area contributed by atoms with Crippen molar-refractivity contribution >= 4 is 17.7 Å². The molecule has 0 aliphatic heterocycles. The highest BCUT2D eigenvalue weighted by Gasteiger charge is 2.08. The molecule has 3 rings (SSSR count). The van der Waals surface area contributed by atoms with Crippen LogP contribution in [-0.2, 0) is 5.75 Å². The lowest BCUT2D eigenvalue weighted by Crippen LogP contribution is -2.21. The number of thioether (sulfide) groups is 1. The minimum absolute atomic E-state index is 0.171. The summed E-state index contributed by atoms with van der Waals surface area (Å²) in [7, 11) is 0. The highest BCUT2D eigenvalue weighted by atomic mass is 32.2. The molecule has 5 nitrogen and oxygen atoms in total. The molecule has 0 N–H and O–H groups in total. The Balaban J connectivity index is 1.77. The van der Waals surface area contributed by atoms with Gasteiger partial charge < -0.3 is 14.3 Å². The molecular weight excluding hydrogens is 312 g/mol. The molecule has 0 spiro atoms. The summed E-state index contributed by atoms with van der Waals surface area (Å²) in [5, 5.41) is 11.3. The van der Waals surface area contributed by atoms with Gasteiger partial charge in [0.1, 0.15) is 17.5 Å². The zero-order valence-corrected chi connectivity index (χ0v) is 13.2. The van der Waals surface area contributed by atoms with Gasteiger partial charge in [-0.1, -0.05) is 42.1 Å². The molecule has 0 unspecified atom stereocenters. The minimum Gasteiger partial charge on any atom is -0.542 e. The highest BCUT2D eigenvalue weighted by molar-refractivity contribution is 7.98. The van der Waals surface area contributed by atoms with E-state index in [1.54, 1.807) is 6.07 Å². The van der Waals surface area contributed by atoms with E-state index >= 15 is 0 Å². The standard InChI is InChI=1S/C17H14N2O3S/c1-11-9-14(12-5-3-2-4-6-12)19-17(18-11)23-10-13-7-8-15(22-13)16(20)21/h2-9H,10H2,1H3,(H,20,21)/p-1. The van der Waals surface area contributed by atoms with Crippen LogP contribution in [0.2, 0.25) is 0 Å². The maximum Gasteiger partial charge on any atom is 0.188 e. The first kappa shape index (κ1) is 15.3. The van der Waals surface area contributed by atoms with E-state index in [1.807, 2.05) is 43.3 Å². The summed E-state index contributed by atoms with van der Waals surface area (Å²) < 4.78 is 5.17. The number of hydrogen-bond donors (Lipinski definition) is 0. The number of aromatic nitrogens is 2. The van der Waals surface area contributed by atoms with Gasteiger partial charge in [0.25, 0.3) is 0 Å². The van der Waals surface area contributed by atoms with Crippen LogP contribution in [0, 0.1) is 6.92 Å². The summed E-state index contributed by atoms with van der Waals surface area (Å²) in [4.78, 5) is 19.6. The number of furan rings is 1. The molecule has 0 amide bonds. The van der Waals surface area contributed by atoms with Gasteiger partial charge in [0.15, 0.2) is 5.16 Å². The average Bonchev–Trinajstić information content (AvgIpc) is 3.03. The molecule has 2 heterocycles. The van der Waals surface area contributed by atoms with Crippen LogP contribution in [-0.4, -0.2) is 15.9 Å². The van der Waals surface area contributed by atoms with Crippen LogP contribution in [0.1, 0.15) is 22.0 Å². The lowest BCUT2D eigenvalue weighted by atomic mass is 10.1. The molecule has 0 aliphatic rings. The van der Waals surface area contributed by atoms with Gasteiger partial charge in [-0.15, -0.1) is 0 Å². The maximum absolute atomic E-state index is 10.7. The lowest BCUT2D eigenvalue weighted by molar-refractivity contribution is -0.257. The highest BCUT2D eigenvalue weighted by Crippen LogP contribution is 2.24. The number of carbonyl (C=O) groups excluding carboxylic acids is 1. The van der Waals surface area contributed by atoms with E-state index in [9.17, 15) is 9.90 Å². The lowest BCUT2D eigenvalue weighted by Gasteiger charge is -2.05. The van der Waals surface area contributed by atoms with Crippen molar-refractivity contribution in [2.75, 3.05) is 0 Å². The van der Waals surface area contributed by atoms with E-state index in [0.717, 1.165) is 17.0 Å². The Labute approximate surface area is 137 Å². The van der Waals surface area contributed by atoms with Crippen LogP contribution in [0.25, 0.3) is 11.3 Å². The first-order valence-corrected chi connectivity index (χ1v) is 7.94. The third kappa shape index (κ3) is 3.78. The number of aryl methyl sites for hydroxylation is 1. The predicted octanol–water partition coefficient (Wildman–Crippen LogP) is 2.70. The number of aromatic carboxylic acids is 1. The zero-order valence-electron chi connectivity index (χ0n) is 12.4. The number of carboxylic acids is 1. The van der Waals surface area contributed by atoms with Gasteiger partial charge in [-0.3, -0.25) is 0 Å². The summed E-state index contributed by atoms with van der Waals surface area (Å²) in [5.74, 6) is -0.499. The van der Waals surface area contributed by atoms with Crippen LogP contribution in [0.5, 0.6) is 0 Å². The minimum atomic E-state index is -1.32. The fraction of sp³-hybridized carbons (Fsp3) is 0.118. The summed E-state index contributed by atoms with van der Waals surface area (Å²) in [5.41, 5.74) is 2.75. The normalized spacial score (nSPS) is 10.7. The molecule has 0 atom stereocenters. The third-order valence-corrected chi connectivity index (χ3v) is 3.98. The van der Waals surface area contributed by atoms with Crippen LogP contribution < -0.4 is 5.11 Å². The monoisotopic (exact) mass is 325 g/mol. The van der Waals surface area contributed by atoms with E-state index in [1.165, 1.54) is 17.8 Å². The summed E-state index contributed by atoms with van der Waals surface area (Å²) in [6, 6.07) is 14.8. The van der Waals surface area contributed by atoms with Gasteiger partial charge in [0.2, 0.25) is 0 Å². The first-order chi connectivity index (χ1) is 11.1. The number of hydrogen-bond acceptors (Lipinski definition) is 6. The number of carboxylic acid groups (broad SMARTS) is 1. The fourth-order valence-corrected chi connectivity index (χ4v) is 2.86. The van der Waals surface area contributed by atoms with Crippen LogP contribution in [0.3, 0.4) is 0 Å². The molecule has 116 valence electrons. The molecule has 0 fully saturated rings. The van der Waals surface area contributed by atoms with Gasteiger partial charge in [-0.05, 0) is 25.1 Å². The van der Waals surface area contributed by atoms with Crippen molar-refractivity contribution in [2.45, 2.75) is 17.8 Å². The maximum atomic E-state index is 10.7. The third-order valence-electron chi connectivity index (χ3n) is 3.11. The SMILES string of the molecule is Cc1cc(-c2ccccc2)nc(SCc2ccc(C(=O)[O-])o2)n1. The van der Waals surface area contributed by atoms with E-state index in [0.29, 0.717) is 16.7 Å². The van der Waals surface area contributed by atoms with E-state index < -0.39 is 5.97 Å². The Bertz CT molecular complexity index is 831. The van der Waals surface area contributed by atoms with E-state index in [-0.39, 0.29) is 5.76 Å². The summed E-state index contributed by atoms with van der Waals surface area (Å²) >= 11 is 1.39. The molecule has 0 saturated heterocycles. The number of carbonyl (C=O) groups is 1. The summed E-state index contributed by atoms with van der Waals surface area (Å²) in [6.45, 7) is 1.92. The quantitative estimate of drug-likeness (QED) is 0.530. The van der Waals surface area contributed by atoms with Crippen molar-refractivity contribution in [3.8, 4) is 11.3 Å². The molecule has 6 heteroatoms. The second-order valence-corrected chi connectivity index (χ2v) is 5.83. The second-order valence-electron chi connectivity index (χ2n) is 4.89. The van der Waals surface area contributed by atoms with Gasteiger partial charge >= 0.3 is 0 Å². The molecule has 1 aromatic carbocycles. The van der Waals surface area contributed by atoms with Crippen LogP contribution in [0.4, 0.5) is 0 Å². The Morgan fingerprint density at radius 2 is 1.96 bits per heavy atom. The zero-order chi connectivity index (χ0) is 16.2. The van der Waals surface area contributed by atoms with Crippen LogP contribution in [0.15, 0.2) is 58.1 Å². The van der Waals surface area contributed by atoms with E-state index in [2.05, 4.69) is 9.97 Å². The summed E-state index contributed by atoms with van der Waals surface area (Å²) in [6.07, 6.45) is 0. The van der Waals surface area contributed by atoms with Crippen molar-refractivity contribution < 1.29 is 14.3 Å². The molecule has 0 saturated carbocycles. The Morgan fingerprint density at radius 1 is 1.17 bits per heavy atom.